The van der Waals surface area contributed by atoms with Crippen molar-refractivity contribution < 1.29 is 0 Å². The molecule has 1 aromatic carbocycles. The van der Waals surface area contributed by atoms with E-state index in [1.54, 1.807) is 0 Å². The van der Waals surface area contributed by atoms with Crippen molar-refractivity contribution in [1.82, 2.24) is 0 Å². The van der Waals surface area contributed by atoms with Crippen LogP contribution in [0.1, 0.15) is 38.2 Å². The third-order valence-corrected chi connectivity index (χ3v) is 4.73. The summed E-state index contributed by atoms with van der Waals surface area (Å²) in [5.74, 6) is 1.56. The summed E-state index contributed by atoms with van der Waals surface area (Å²) >= 11 is 0. The van der Waals surface area contributed by atoms with Gasteiger partial charge in [-0.15, -0.1) is 0 Å². The summed E-state index contributed by atoms with van der Waals surface area (Å²) in [4.78, 5) is 2.62. The number of hydrogen-bond donors (Lipinski definition) is 1. The van der Waals surface area contributed by atoms with Crippen molar-refractivity contribution in [3.63, 3.8) is 0 Å². The highest BCUT2D eigenvalue weighted by Crippen LogP contribution is 2.32. The molecule has 0 aromatic heterocycles. The van der Waals surface area contributed by atoms with E-state index < -0.39 is 0 Å². The maximum atomic E-state index is 6.13. The number of anilines is 1. The van der Waals surface area contributed by atoms with Crippen LogP contribution in [-0.4, -0.2) is 19.1 Å². The van der Waals surface area contributed by atoms with Gasteiger partial charge in [0.2, 0.25) is 0 Å². The van der Waals surface area contributed by atoms with Gasteiger partial charge in [0.1, 0.15) is 0 Å². The minimum atomic E-state index is 0.441. The van der Waals surface area contributed by atoms with Crippen molar-refractivity contribution in [1.29, 1.82) is 0 Å². The smallest absolute Gasteiger partial charge is 0.0399 e. The van der Waals surface area contributed by atoms with Crippen LogP contribution in [-0.2, 0) is 6.42 Å². The summed E-state index contributed by atoms with van der Waals surface area (Å²) in [6.07, 6.45) is 6.35. The number of hydrogen-bond acceptors (Lipinski definition) is 2. The SMILES string of the molecule is CC1Cc2ccccc2N(CC2CCCC(N)C2)C1. The van der Waals surface area contributed by atoms with Crippen LogP contribution in [0.2, 0.25) is 0 Å². The van der Waals surface area contributed by atoms with Gasteiger partial charge < -0.3 is 10.6 Å². The molecule has 2 aliphatic rings. The highest BCUT2D eigenvalue weighted by atomic mass is 15.1. The van der Waals surface area contributed by atoms with E-state index in [9.17, 15) is 0 Å². The Hall–Kier alpha value is -1.02. The fraction of sp³-hybridized carbons (Fsp3) is 0.647. The minimum Gasteiger partial charge on any atom is -0.371 e. The Bertz CT molecular complexity index is 429. The predicted molar refractivity (Wildman–Crippen MR) is 81.5 cm³/mol. The topological polar surface area (TPSA) is 29.3 Å². The molecule has 3 atom stereocenters. The van der Waals surface area contributed by atoms with Crippen LogP contribution >= 0.6 is 0 Å². The number of benzene rings is 1. The van der Waals surface area contributed by atoms with Gasteiger partial charge in [0.15, 0.2) is 0 Å². The fourth-order valence-corrected chi connectivity index (χ4v) is 3.89. The summed E-state index contributed by atoms with van der Waals surface area (Å²) in [5, 5.41) is 0. The first kappa shape index (κ1) is 13.0. The molecule has 19 heavy (non-hydrogen) atoms. The normalized spacial score (nSPS) is 31.1. The lowest BCUT2D eigenvalue weighted by Crippen LogP contribution is -2.40. The predicted octanol–water partition coefficient (Wildman–Crippen LogP) is 3.20. The Morgan fingerprint density at radius 2 is 2.11 bits per heavy atom. The molecular formula is C17H26N2. The number of nitrogens with zero attached hydrogens (tertiary/aromatic N) is 1. The van der Waals surface area contributed by atoms with E-state index in [-0.39, 0.29) is 0 Å². The van der Waals surface area contributed by atoms with Crippen molar-refractivity contribution in [3.05, 3.63) is 29.8 Å². The summed E-state index contributed by atoms with van der Waals surface area (Å²) in [5.41, 5.74) is 9.13. The Morgan fingerprint density at radius 3 is 2.95 bits per heavy atom. The van der Waals surface area contributed by atoms with E-state index in [1.807, 2.05) is 0 Å². The molecule has 1 fully saturated rings. The van der Waals surface area contributed by atoms with Gasteiger partial charge in [0.05, 0.1) is 0 Å². The summed E-state index contributed by atoms with van der Waals surface area (Å²) in [6, 6.07) is 9.38. The largest absolute Gasteiger partial charge is 0.371 e. The molecule has 3 unspecified atom stereocenters. The first-order chi connectivity index (χ1) is 9.22. The van der Waals surface area contributed by atoms with Crippen molar-refractivity contribution in [2.24, 2.45) is 17.6 Å². The average molecular weight is 258 g/mol. The van der Waals surface area contributed by atoms with Gasteiger partial charge in [-0.2, -0.15) is 0 Å². The zero-order valence-corrected chi connectivity index (χ0v) is 12.0. The van der Waals surface area contributed by atoms with Gasteiger partial charge in [-0.25, -0.2) is 0 Å². The van der Waals surface area contributed by atoms with Gasteiger partial charge in [0.25, 0.3) is 0 Å². The lowest BCUT2D eigenvalue weighted by molar-refractivity contribution is 0.318. The van der Waals surface area contributed by atoms with Crippen LogP contribution in [0.4, 0.5) is 5.69 Å². The lowest BCUT2D eigenvalue weighted by Gasteiger charge is -2.38. The van der Waals surface area contributed by atoms with E-state index in [1.165, 1.54) is 56.4 Å². The summed E-state index contributed by atoms with van der Waals surface area (Å²) in [7, 11) is 0. The monoisotopic (exact) mass is 258 g/mol. The van der Waals surface area contributed by atoms with Gasteiger partial charge in [-0.05, 0) is 49.1 Å². The van der Waals surface area contributed by atoms with E-state index in [0.717, 1.165) is 11.8 Å². The van der Waals surface area contributed by atoms with Crippen LogP contribution < -0.4 is 10.6 Å². The van der Waals surface area contributed by atoms with Crippen molar-refractivity contribution in [3.8, 4) is 0 Å². The summed E-state index contributed by atoms with van der Waals surface area (Å²) in [6.45, 7) is 4.79. The zero-order valence-electron chi connectivity index (χ0n) is 12.0. The molecule has 0 amide bonds. The zero-order chi connectivity index (χ0) is 13.2. The molecule has 1 saturated carbocycles. The highest BCUT2D eigenvalue weighted by molar-refractivity contribution is 5.55. The van der Waals surface area contributed by atoms with E-state index in [2.05, 4.69) is 36.1 Å². The Morgan fingerprint density at radius 1 is 1.26 bits per heavy atom. The molecule has 0 saturated heterocycles. The Labute approximate surface area is 117 Å². The van der Waals surface area contributed by atoms with E-state index >= 15 is 0 Å². The van der Waals surface area contributed by atoms with Crippen LogP contribution in [0.25, 0.3) is 0 Å². The second-order valence-electron chi connectivity index (χ2n) is 6.64. The highest BCUT2D eigenvalue weighted by Gasteiger charge is 2.26. The van der Waals surface area contributed by atoms with Crippen molar-refractivity contribution in [2.75, 3.05) is 18.0 Å². The van der Waals surface area contributed by atoms with Gasteiger partial charge in [-0.1, -0.05) is 31.5 Å². The Kier molecular flexibility index (Phi) is 3.79. The first-order valence-electron chi connectivity index (χ1n) is 7.81. The second kappa shape index (κ2) is 5.54. The maximum Gasteiger partial charge on any atom is 0.0399 e. The van der Waals surface area contributed by atoms with Crippen molar-refractivity contribution >= 4 is 5.69 Å². The molecule has 104 valence electrons. The fourth-order valence-electron chi connectivity index (χ4n) is 3.89. The standard InChI is InChI=1S/C17H26N2/c1-13-9-15-6-2-3-8-17(15)19(11-13)12-14-5-4-7-16(18)10-14/h2-3,6,8,13-14,16H,4-5,7,9-12,18H2,1H3. The van der Waals surface area contributed by atoms with Crippen LogP contribution in [0, 0.1) is 11.8 Å². The van der Waals surface area contributed by atoms with E-state index in [0.29, 0.717) is 6.04 Å². The number of para-hydroxylation sites is 1. The molecule has 3 rings (SSSR count). The molecular weight excluding hydrogens is 232 g/mol. The van der Waals surface area contributed by atoms with Crippen molar-refractivity contribution in [2.45, 2.75) is 45.1 Å². The first-order valence-corrected chi connectivity index (χ1v) is 7.81. The lowest BCUT2D eigenvalue weighted by atomic mass is 9.84. The third-order valence-electron chi connectivity index (χ3n) is 4.73. The molecule has 0 bridgehead atoms. The number of fused-ring (bicyclic) bond motifs is 1. The van der Waals surface area contributed by atoms with Crippen LogP contribution in [0.5, 0.6) is 0 Å². The maximum absolute atomic E-state index is 6.13. The quantitative estimate of drug-likeness (QED) is 0.882. The molecule has 0 spiro atoms. The molecule has 1 aliphatic heterocycles. The average Bonchev–Trinajstić information content (AvgIpc) is 2.38. The molecule has 1 aromatic rings. The van der Waals surface area contributed by atoms with Crippen LogP contribution in [0.15, 0.2) is 24.3 Å². The molecule has 1 heterocycles. The molecule has 2 nitrogen and oxygen atoms in total. The molecule has 2 N–H and O–H groups in total. The van der Waals surface area contributed by atoms with Gasteiger partial charge in [0, 0.05) is 24.8 Å². The van der Waals surface area contributed by atoms with E-state index in [4.69, 9.17) is 5.73 Å². The second-order valence-corrected chi connectivity index (χ2v) is 6.64. The third kappa shape index (κ3) is 2.94. The van der Waals surface area contributed by atoms with Crippen LogP contribution in [0.3, 0.4) is 0 Å². The molecule has 0 radical (unpaired) electrons. The van der Waals surface area contributed by atoms with Gasteiger partial charge in [-0.3, -0.25) is 0 Å². The summed E-state index contributed by atoms with van der Waals surface area (Å²) < 4.78 is 0. The van der Waals surface area contributed by atoms with Gasteiger partial charge >= 0.3 is 0 Å². The molecule has 2 heteroatoms. The number of nitrogens with two attached hydrogens (primary N) is 1. The minimum absolute atomic E-state index is 0.441. The molecule has 1 aliphatic carbocycles. The number of rotatable bonds is 2. The Balaban J connectivity index is 1.73.